The van der Waals surface area contributed by atoms with Crippen LogP contribution in [0.25, 0.3) is 0 Å². The molecule has 0 rings (SSSR count). The Balaban J connectivity index is 3.37. The van der Waals surface area contributed by atoms with Gasteiger partial charge in [0.05, 0.1) is 11.4 Å². The fraction of sp³-hybridized carbons (Fsp3) is 0.571. The van der Waals surface area contributed by atoms with Crippen LogP contribution in [0.15, 0.2) is 0 Å². The van der Waals surface area contributed by atoms with E-state index in [2.05, 4.69) is 11.8 Å². The molecule has 9 heavy (non-hydrogen) atoms. The second-order valence-corrected chi connectivity index (χ2v) is 2.09. The van der Waals surface area contributed by atoms with Crippen LogP contribution in [0.5, 0.6) is 0 Å². The molecule has 0 aromatic carbocycles. The number of nitriles is 1. The summed E-state index contributed by atoms with van der Waals surface area (Å²) in [5.74, 6) is 5.43. The van der Waals surface area contributed by atoms with Crippen molar-refractivity contribution in [3.8, 4) is 17.9 Å². The molecule has 2 heteroatoms. The van der Waals surface area contributed by atoms with E-state index >= 15 is 0 Å². The molecule has 0 saturated heterocycles. The smallest absolute Gasteiger partial charge is 0.0952 e. The molecule has 0 fully saturated rings. The minimum Gasteiger partial charge on any atom is -0.198 e. The van der Waals surface area contributed by atoms with Crippen molar-refractivity contribution in [2.24, 2.45) is 0 Å². The van der Waals surface area contributed by atoms with E-state index in [4.69, 9.17) is 16.9 Å². The Morgan fingerprint density at radius 1 is 1.67 bits per heavy atom. The van der Waals surface area contributed by atoms with Gasteiger partial charge in [0.25, 0.3) is 0 Å². The predicted molar refractivity (Wildman–Crippen MR) is 37.9 cm³/mol. The largest absolute Gasteiger partial charge is 0.198 e. The van der Waals surface area contributed by atoms with Crippen LogP contribution < -0.4 is 0 Å². The summed E-state index contributed by atoms with van der Waals surface area (Å²) in [6.07, 6.45) is 1.15. The number of alkyl halides is 1. The van der Waals surface area contributed by atoms with Crippen molar-refractivity contribution >= 4 is 11.6 Å². The maximum Gasteiger partial charge on any atom is 0.0952 e. The highest BCUT2D eigenvalue weighted by molar-refractivity contribution is 6.22. The van der Waals surface area contributed by atoms with E-state index in [1.54, 1.807) is 6.92 Å². The molecule has 0 amide bonds. The normalized spacial score (nSPS) is 10.8. The van der Waals surface area contributed by atoms with Crippen LogP contribution in [0.4, 0.5) is 0 Å². The van der Waals surface area contributed by atoms with Crippen LogP contribution in [0.1, 0.15) is 19.8 Å². The summed E-state index contributed by atoms with van der Waals surface area (Å²) < 4.78 is 0. The van der Waals surface area contributed by atoms with E-state index in [-0.39, 0.29) is 5.38 Å². The number of nitrogens with zero attached hydrogens (tertiary/aromatic N) is 1. The highest BCUT2D eigenvalue weighted by atomic mass is 35.5. The number of hydrogen-bond donors (Lipinski definition) is 0. The van der Waals surface area contributed by atoms with Crippen LogP contribution in [0.2, 0.25) is 0 Å². The minimum atomic E-state index is -0.144. The molecule has 0 bridgehead atoms. The monoisotopic (exact) mass is 141 g/mol. The van der Waals surface area contributed by atoms with Crippen molar-refractivity contribution in [1.82, 2.24) is 0 Å². The van der Waals surface area contributed by atoms with Gasteiger partial charge in [-0.25, -0.2) is 0 Å². The Morgan fingerprint density at radius 2 is 2.33 bits per heavy atom. The van der Waals surface area contributed by atoms with Gasteiger partial charge in [0.1, 0.15) is 0 Å². The van der Waals surface area contributed by atoms with Gasteiger partial charge in [-0.2, -0.15) is 5.26 Å². The van der Waals surface area contributed by atoms with E-state index in [0.29, 0.717) is 12.8 Å². The van der Waals surface area contributed by atoms with Crippen LogP contribution in [0, 0.1) is 23.2 Å². The third-order valence-electron chi connectivity index (χ3n) is 0.811. The van der Waals surface area contributed by atoms with Gasteiger partial charge in [0.2, 0.25) is 0 Å². The minimum absolute atomic E-state index is 0.144. The van der Waals surface area contributed by atoms with Gasteiger partial charge in [0.15, 0.2) is 0 Å². The molecule has 0 spiro atoms. The maximum atomic E-state index is 8.13. The van der Waals surface area contributed by atoms with Gasteiger partial charge >= 0.3 is 0 Å². The lowest BCUT2D eigenvalue weighted by Crippen LogP contribution is -1.91. The number of rotatable bonds is 2. The Labute approximate surface area is 60.6 Å². The highest BCUT2D eigenvalue weighted by Crippen LogP contribution is 2.01. The summed E-state index contributed by atoms with van der Waals surface area (Å²) in [6, 6.07) is 2.00. The molecule has 0 N–H and O–H groups in total. The SMILES string of the molecule is CC#CC(Cl)CCC#N. The number of hydrogen-bond acceptors (Lipinski definition) is 1. The molecule has 0 aromatic rings. The Bertz CT molecular complexity index is 158. The summed E-state index contributed by atoms with van der Waals surface area (Å²) in [6.45, 7) is 1.74. The standard InChI is InChI=1S/C7H8ClN/c1-2-4-7(8)5-3-6-9/h7H,3,5H2,1H3. The zero-order chi connectivity index (χ0) is 7.11. The highest BCUT2D eigenvalue weighted by Gasteiger charge is 1.96. The molecule has 0 aliphatic heterocycles. The van der Waals surface area contributed by atoms with Crippen molar-refractivity contribution in [3.63, 3.8) is 0 Å². The maximum absolute atomic E-state index is 8.13. The van der Waals surface area contributed by atoms with Crippen LogP contribution >= 0.6 is 11.6 Å². The average Bonchev–Trinajstić information content (AvgIpc) is 1.85. The quantitative estimate of drug-likeness (QED) is 0.426. The molecule has 0 aliphatic carbocycles. The Hall–Kier alpha value is -0.660. The van der Waals surface area contributed by atoms with E-state index < -0.39 is 0 Å². The summed E-state index contributed by atoms with van der Waals surface area (Å²) in [7, 11) is 0. The first-order valence-corrected chi connectivity index (χ1v) is 3.18. The van der Waals surface area contributed by atoms with Gasteiger partial charge in [-0.15, -0.1) is 17.5 Å². The van der Waals surface area contributed by atoms with Gasteiger partial charge in [-0.1, -0.05) is 5.92 Å². The van der Waals surface area contributed by atoms with Gasteiger partial charge in [-0.05, 0) is 13.3 Å². The molecular weight excluding hydrogens is 134 g/mol. The molecule has 0 heterocycles. The Morgan fingerprint density at radius 3 is 2.78 bits per heavy atom. The first kappa shape index (κ1) is 8.34. The first-order chi connectivity index (χ1) is 4.31. The van der Waals surface area contributed by atoms with Crippen LogP contribution in [-0.4, -0.2) is 5.38 Å². The Kier molecular flexibility index (Phi) is 5.07. The first-order valence-electron chi connectivity index (χ1n) is 2.74. The van der Waals surface area contributed by atoms with Crippen molar-refractivity contribution in [1.29, 1.82) is 5.26 Å². The molecule has 0 radical (unpaired) electrons. The van der Waals surface area contributed by atoms with E-state index in [1.165, 1.54) is 0 Å². The van der Waals surface area contributed by atoms with Gasteiger partial charge in [0, 0.05) is 6.42 Å². The predicted octanol–water partition coefficient (Wildman–Crippen LogP) is 1.92. The lowest BCUT2D eigenvalue weighted by atomic mass is 10.2. The van der Waals surface area contributed by atoms with Crippen molar-refractivity contribution in [2.45, 2.75) is 25.1 Å². The second-order valence-electron chi connectivity index (χ2n) is 1.56. The zero-order valence-electron chi connectivity index (χ0n) is 5.32. The molecule has 0 aliphatic rings. The topological polar surface area (TPSA) is 23.8 Å². The fourth-order valence-electron chi connectivity index (χ4n) is 0.420. The van der Waals surface area contributed by atoms with E-state index in [1.807, 2.05) is 6.07 Å². The summed E-state index contributed by atoms with van der Waals surface area (Å²) in [4.78, 5) is 0. The van der Waals surface area contributed by atoms with E-state index in [0.717, 1.165) is 0 Å². The summed E-state index contributed by atoms with van der Waals surface area (Å²) in [5, 5.41) is 7.98. The third-order valence-corrected chi connectivity index (χ3v) is 1.14. The lowest BCUT2D eigenvalue weighted by molar-refractivity contribution is 0.900. The zero-order valence-corrected chi connectivity index (χ0v) is 6.07. The molecule has 1 nitrogen and oxygen atoms in total. The van der Waals surface area contributed by atoms with E-state index in [9.17, 15) is 0 Å². The molecule has 1 atom stereocenters. The van der Waals surface area contributed by atoms with Crippen LogP contribution in [-0.2, 0) is 0 Å². The molecular formula is C7H8ClN. The molecule has 0 aromatic heterocycles. The molecule has 0 saturated carbocycles. The fourth-order valence-corrected chi connectivity index (χ4v) is 0.638. The van der Waals surface area contributed by atoms with Gasteiger partial charge < -0.3 is 0 Å². The van der Waals surface area contributed by atoms with Crippen molar-refractivity contribution in [3.05, 3.63) is 0 Å². The summed E-state index contributed by atoms with van der Waals surface area (Å²) in [5.41, 5.74) is 0. The molecule has 48 valence electrons. The molecule has 1 unspecified atom stereocenters. The van der Waals surface area contributed by atoms with Crippen molar-refractivity contribution < 1.29 is 0 Å². The second kappa shape index (κ2) is 5.48. The number of halogens is 1. The van der Waals surface area contributed by atoms with Gasteiger partial charge in [-0.3, -0.25) is 0 Å². The third kappa shape index (κ3) is 5.21. The lowest BCUT2D eigenvalue weighted by Gasteiger charge is -1.92. The van der Waals surface area contributed by atoms with Crippen LogP contribution in [0.3, 0.4) is 0 Å². The summed E-state index contributed by atoms with van der Waals surface area (Å²) >= 11 is 5.64. The van der Waals surface area contributed by atoms with Crippen molar-refractivity contribution in [2.75, 3.05) is 0 Å². The average molecular weight is 142 g/mol.